The summed E-state index contributed by atoms with van der Waals surface area (Å²) in [5, 5.41) is 12.1. The van der Waals surface area contributed by atoms with Crippen molar-refractivity contribution < 1.29 is 23.9 Å². The fourth-order valence-electron chi connectivity index (χ4n) is 3.49. The van der Waals surface area contributed by atoms with Crippen molar-refractivity contribution in [2.75, 3.05) is 21.3 Å². The van der Waals surface area contributed by atoms with Crippen molar-refractivity contribution in [2.45, 2.75) is 13.0 Å². The van der Waals surface area contributed by atoms with E-state index in [9.17, 15) is 5.11 Å². The first-order valence-corrected chi connectivity index (χ1v) is 8.14. The van der Waals surface area contributed by atoms with E-state index in [1.165, 1.54) is 5.56 Å². The van der Waals surface area contributed by atoms with E-state index in [0.29, 0.717) is 11.5 Å². The Morgan fingerprint density at radius 1 is 0.840 bits per heavy atom. The highest BCUT2D eigenvalue weighted by atomic mass is 16.5. The molecule has 0 saturated carbocycles. The van der Waals surface area contributed by atoms with E-state index in [1.54, 1.807) is 27.4 Å². The fourth-order valence-corrected chi connectivity index (χ4v) is 3.49. The van der Waals surface area contributed by atoms with Crippen LogP contribution in [0.1, 0.15) is 5.56 Å². The van der Waals surface area contributed by atoms with Gasteiger partial charge in [0.2, 0.25) is 5.69 Å². The van der Waals surface area contributed by atoms with Gasteiger partial charge in [0.25, 0.3) is 0 Å². The Labute approximate surface area is 146 Å². The Kier molecular flexibility index (Phi) is 3.64. The molecule has 2 aromatic carbocycles. The Balaban J connectivity index is 1.94. The van der Waals surface area contributed by atoms with Crippen molar-refractivity contribution in [3.63, 3.8) is 0 Å². The van der Waals surface area contributed by atoms with E-state index in [2.05, 4.69) is 16.8 Å². The van der Waals surface area contributed by atoms with E-state index in [-0.39, 0.29) is 5.75 Å². The molecule has 4 rings (SSSR count). The molecule has 25 heavy (non-hydrogen) atoms. The van der Waals surface area contributed by atoms with Crippen LogP contribution in [0.5, 0.6) is 23.0 Å². The van der Waals surface area contributed by atoms with E-state index in [1.807, 2.05) is 18.2 Å². The molecule has 3 aromatic rings. The zero-order valence-corrected chi connectivity index (χ0v) is 14.5. The molecule has 5 nitrogen and oxygen atoms in total. The number of ether oxygens (including phenoxy) is 3. The van der Waals surface area contributed by atoms with Crippen LogP contribution in [0.15, 0.2) is 36.5 Å². The van der Waals surface area contributed by atoms with Gasteiger partial charge in [-0.2, -0.15) is 4.57 Å². The predicted octanol–water partition coefficient (Wildman–Crippen LogP) is 3.08. The number of phenolic OH excluding ortho intramolecular Hbond substituents is 1. The number of rotatable bonds is 3. The fraction of sp³-hybridized carbons (Fsp3) is 0.250. The van der Waals surface area contributed by atoms with Crippen LogP contribution in [-0.2, 0) is 13.0 Å². The lowest BCUT2D eigenvalue weighted by atomic mass is 9.95. The third kappa shape index (κ3) is 2.43. The molecule has 0 bridgehead atoms. The maximum Gasteiger partial charge on any atom is 0.213 e. The molecule has 0 atom stereocenters. The number of phenols is 1. The Morgan fingerprint density at radius 2 is 1.56 bits per heavy atom. The smallest absolute Gasteiger partial charge is 0.213 e. The van der Waals surface area contributed by atoms with Gasteiger partial charge in [-0.3, -0.25) is 0 Å². The summed E-state index contributed by atoms with van der Waals surface area (Å²) in [5.74, 6) is 2.09. The van der Waals surface area contributed by atoms with E-state index >= 15 is 0 Å². The lowest BCUT2D eigenvalue weighted by Gasteiger charge is -2.18. The number of methoxy groups -OCH3 is 3. The molecular weight excluding hydrogens is 318 g/mol. The molecule has 0 saturated heterocycles. The van der Waals surface area contributed by atoms with Crippen LogP contribution < -0.4 is 18.8 Å². The molecule has 0 radical (unpaired) electrons. The van der Waals surface area contributed by atoms with Gasteiger partial charge in [0, 0.05) is 17.9 Å². The first kappa shape index (κ1) is 15.6. The monoisotopic (exact) mass is 338 g/mol. The molecule has 128 valence electrons. The van der Waals surface area contributed by atoms with E-state index < -0.39 is 0 Å². The number of aryl methyl sites for hydroxylation is 2. The second-order valence-corrected chi connectivity index (χ2v) is 6.12. The van der Waals surface area contributed by atoms with Crippen molar-refractivity contribution in [1.29, 1.82) is 0 Å². The average Bonchev–Trinajstić information content (AvgIpc) is 2.64. The molecule has 5 heteroatoms. The maximum absolute atomic E-state index is 10.1. The molecule has 0 spiro atoms. The summed E-state index contributed by atoms with van der Waals surface area (Å²) in [7, 11) is 4.85. The quantitative estimate of drug-likeness (QED) is 0.746. The largest absolute Gasteiger partial charge is 0.504 e. The van der Waals surface area contributed by atoms with Crippen LogP contribution in [0.25, 0.3) is 22.0 Å². The van der Waals surface area contributed by atoms with Gasteiger partial charge in [0.05, 0.1) is 26.9 Å². The Hall–Kier alpha value is -2.95. The molecular formula is C20H20NO4+. The maximum atomic E-state index is 10.1. The molecule has 1 aromatic heterocycles. The first-order valence-electron chi connectivity index (χ1n) is 8.14. The van der Waals surface area contributed by atoms with Crippen molar-refractivity contribution >= 4 is 10.8 Å². The summed E-state index contributed by atoms with van der Waals surface area (Å²) in [6.07, 6.45) is 3.03. The standard InChI is InChI=1S/C20H19NO4/c1-23-18-9-14-11-21-5-4-12-8-19(24-2)20(25-3)10-15(12)16(21)6-13(14)7-17(18)22/h6-11H,4-5H2,1-3H3/p+1. The molecule has 1 aliphatic heterocycles. The number of benzene rings is 2. The van der Waals surface area contributed by atoms with Gasteiger partial charge in [0.1, 0.15) is 0 Å². The van der Waals surface area contributed by atoms with Crippen molar-refractivity contribution in [3.05, 3.63) is 42.1 Å². The number of aromatic hydroxyl groups is 1. The van der Waals surface area contributed by atoms with Crippen LogP contribution in [0, 0.1) is 0 Å². The van der Waals surface area contributed by atoms with Crippen LogP contribution in [-0.4, -0.2) is 26.4 Å². The van der Waals surface area contributed by atoms with Crippen LogP contribution in [0.2, 0.25) is 0 Å². The van der Waals surface area contributed by atoms with Gasteiger partial charge in [-0.1, -0.05) is 0 Å². The molecule has 0 amide bonds. The molecule has 1 aliphatic rings. The van der Waals surface area contributed by atoms with Gasteiger partial charge in [-0.05, 0) is 35.2 Å². The van der Waals surface area contributed by atoms with Gasteiger partial charge in [-0.25, -0.2) is 0 Å². The lowest BCUT2D eigenvalue weighted by Crippen LogP contribution is -2.40. The van der Waals surface area contributed by atoms with Crippen molar-refractivity contribution in [2.24, 2.45) is 0 Å². The minimum absolute atomic E-state index is 0.142. The SMILES string of the molecule is COc1cc2c[n+]3c(cc2cc1O)-c1cc(OC)c(OC)cc1CC3. The molecule has 0 aliphatic carbocycles. The number of nitrogens with zero attached hydrogens (tertiary/aromatic N) is 1. The number of fused-ring (bicyclic) bond motifs is 4. The normalized spacial score (nSPS) is 12.4. The second kappa shape index (κ2) is 5.84. The third-order valence-electron chi connectivity index (χ3n) is 4.79. The minimum atomic E-state index is 0.142. The number of aromatic nitrogens is 1. The Bertz CT molecular complexity index is 981. The molecule has 1 N–H and O–H groups in total. The van der Waals surface area contributed by atoms with Crippen LogP contribution in [0.4, 0.5) is 0 Å². The predicted molar refractivity (Wildman–Crippen MR) is 94.6 cm³/mol. The molecule has 0 fully saturated rings. The summed E-state index contributed by atoms with van der Waals surface area (Å²) in [6, 6.07) is 9.77. The lowest BCUT2D eigenvalue weighted by molar-refractivity contribution is -0.686. The topological polar surface area (TPSA) is 51.8 Å². The highest BCUT2D eigenvalue weighted by Gasteiger charge is 2.26. The highest BCUT2D eigenvalue weighted by Crippen LogP contribution is 2.38. The van der Waals surface area contributed by atoms with Gasteiger partial charge >= 0.3 is 0 Å². The summed E-state index contributed by atoms with van der Waals surface area (Å²) in [4.78, 5) is 0. The molecule has 2 heterocycles. The summed E-state index contributed by atoms with van der Waals surface area (Å²) in [5.41, 5.74) is 3.45. The Morgan fingerprint density at radius 3 is 2.28 bits per heavy atom. The van der Waals surface area contributed by atoms with Gasteiger partial charge < -0.3 is 19.3 Å². The van der Waals surface area contributed by atoms with E-state index in [4.69, 9.17) is 14.2 Å². The summed E-state index contributed by atoms with van der Waals surface area (Å²) < 4.78 is 18.3. The summed E-state index contributed by atoms with van der Waals surface area (Å²) >= 11 is 0. The first-order chi connectivity index (χ1) is 12.1. The van der Waals surface area contributed by atoms with Crippen molar-refractivity contribution in [3.8, 4) is 34.3 Å². The van der Waals surface area contributed by atoms with Gasteiger partial charge in [0.15, 0.2) is 35.7 Å². The summed E-state index contributed by atoms with van der Waals surface area (Å²) in [6.45, 7) is 0.886. The third-order valence-corrected chi connectivity index (χ3v) is 4.79. The average molecular weight is 338 g/mol. The number of hydrogen-bond acceptors (Lipinski definition) is 4. The van der Waals surface area contributed by atoms with Gasteiger partial charge in [-0.15, -0.1) is 0 Å². The zero-order valence-electron chi connectivity index (χ0n) is 14.5. The zero-order chi connectivity index (χ0) is 17.6. The number of pyridine rings is 1. The second-order valence-electron chi connectivity index (χ2n) is 6.12. The van der Waals surface area contributed by atoms with Crippen LogP contribution in [0.3, 0.4) is 0 Å². The minimum Gasteiger partial charge on any atom is -0.504 e. The van der Waals surface area contributed by atoms with E-state index in [0.717, 1.165) is 40.7 Å². The van der Waals surface area contributed by atoms with Crippen LogP contribution >= 0.6 is 0 Å². The molecule has 0 unspecified atom stereocenters. The highest BCUT2D eigenvalue weighted by molar-refractivity contribution is 5.87. The van der Waals surface area contributed by atoms with Crippen molar-refractivity contribution in [1.82, 2.24) is 0 Å². The number of hydrogen-bond donors (Lipinski definition) is 1.